The molecular weight excluding hydrogens is 248 g/mol. The van der Waals surface area contributed by atoms with E-state index in [9.17, 15) is 9.59 Å². The van der Waals surface area contributed by atoms with E-state index in [0.29, 0.717) is 17.9 Å². The Labute approximate surface area is 110 Å². The van der Waals surface area contributed by atoms with Gasteiger partial charge in [0, 0.05) is 0 Å². The van der Waals surface area contributed by atoms with E-state index >= 15 is 0 Å². The molecule has 1 aromatic heterocycles. The molecule has 2 heterocycles. The summed E-state index contributed by atoms with van der Waals surface area (Å²) < 4.78 is 5.05. The summed E-state index contributed by atoms with van der Waals surface area (Å²) >= 11 is 0. The molecule has 19 heavy (non-hydrogen) atoms. The molecule has 0 aromatic carbocycles. The first-order valence-corrected chi connectivity index (χ1v) is 5.97. The number of hydrogen-bond donors (Lipinski definition) is 2. The number of hydrogen-bond acceptors (Lipinski definition) is 6. The number of methoxy groups -OCH3 is 1. The molecule has 7 heteroatoms. The zero-order valence-corrected chi connectivity index (χ0v) is 10.8. The molecule has 1 aliphatic heterocycles. The quantitative estimate of drug-likeness (QED) is 0.741. The van der Waals surface area contributed by atoms with Crippen LogP contribution in [0.3, 0.4) is 0 Å². The minimum absolute atomic E-state index is 0.0876. The number of pyridine rings is 1. The second kappa shape index (κ2) is 5.13. The molecule has 2 amide bonds. The molecule has 0 saturated carbocycles. The maximum Gasteiger partial charge on any atom is 0.249 e. The van der Waals surface area contributed by atoms with E-state index in [1.165, 1.54) is 7.11 Å². The van der Waals surface area contributed by atoms with Gasteiger partial charge in [0.1, 0.15) is 11.9 Å². The van der Waals surface area contributed by atoms with Gasteiger partial charge in [0.2, 0.25) is 17.7 Å². The van der Waals surface area contributed by atoms with Crippen LogP contribution in [-0.2, 0) is 9.59 Å². The number of aromatic nitrogens is 1. The molecule has 1 atom stereocenters. The number of rotatable bonds is 3. The molecule has 0 radical (unpaired) electrons. The van der Waals surface area contributed by atoms with E-state index in [-0.39, 0.29) is 24.2 Å². The Kier molecular flexibility index (Phi) is 3.55. The van der Waals surface area contributed by atoms with E-state index in [4.69, 9.17) is 10.5 Å². The Morgan fingerprint density at radius 3 is 2.89 bits per heavy atom. The highest BCUT2D eigenvalue weighted by Gasteiger charge is 2.33. The van der Waals surface area contributed by atoms with Crippen molar-refractivity contribution >= 4 is 23.3 Å². The number of ether oxygens (including phenoxy) is 1. The van der Waals surface area contributed by atoms with Gasteiger partial charge in [-0.05, 0) is 18.6 Å². The summed E-state index contributed by atoms with van der Waals surface area (Å²) in [6.07, 6.45) is 0.577. The summed E-state index contributed by atoms with van der Waals surface area (Å²) in [5.41, 5.74) is 6.11. The Balaban J connectivity index is 2.37. The number of nitrogen functional groups attached to an aromatic ring is 1. The van der Waals surface area contributed by atoms with Gasteiger partial charge in [-0.15, -0.1) is 0 Å². The predicted molar refractivity (Wildman–Crippen MR) is 69.8 cm³/mol. The van der Waals surface area contributed by atoms with Crippen molar-refractivity contribution in [2.24, 2.45) is 0 Å². The monoisotopic (exact) mass is 264 g/mol. The van der Waals surface area contributed by atoms with Crippen LogP contribution in [0.25, 0.3) is 0 Å². The Morgan fingerprint density at radius 1 is 1.53 bits per heavy atom. The third kappa shape index (κ3) is 2.44. The van der Waals surface area contributed by atoms with Crippen molar-refractivity contribution in [3.8, 4) is 5.88 Å². The van der Waals surface area contributed by atoms with Crippen LogP contribution in [0.1, 0.15) is 13.3 Å². The van der Waals surface area contributed by atoms with Crippen molar-refractivity contribution in [2.45, 2.75) is 19.4 Å². The number of nitrogens with zero attached hydrogens (tertiary/aromatic N) is 2. The maximum atomic E-state index is 11.8. The average Bonchev–Trinajstić information content (AvgIpc) is 2.38. The van der Waals surface area contributed by atoms with Crippen molar-refractivity contribution in [1.82, 2.24) is 10.3 Å². The Morgan fingerprint density at radius 2 is 2.26 bits per heavy atom. The predicted octanol–water partition coefficient (Wildman–Crippen LogP) is -0.0862. The normalized spacial score (nSPS) is 19.3. The largest absolute Gasteiger partial charge is 0.479 e. The van der Waals surface area contributed by atoms with Crippen molar-refractivity contribution in [1.29, 1.82) is 0 Å². The van der Waals surface area contributed by atoms with Gasteiger partial charge < -0.3 is 15.4 Å². The second-order valence-corrected chi connectivity index (χ2v) is 4.23. The van der Waals surface area contributed by atoms with Crippen LogP contribution < -0.4 is 20.7 Å². The molecule has 1 saturated heterocycles. The van der Waals surface area contributed by atoms with Crippen LogP contribution in [0.5, 0.6) is 5.88 Å². The molecule has 2 rings (SSSR count). The first-order chi connectivity index (χ1) is 9.06. The summed E-state index contributed by atoms with van der Waals surface area (Å²) in [4.78, 5) is 29.2. The van der Waals surface area contributed by atoms with Crippen LogP contribution in [0.15, 0.2) is 12.1 Å². The van der Waals surface area contributed by atoms with Crippen LogP contribution in [0.4, 0.5) is 11.5 Å². The zero-order chi connectivity index (χ0) is 14.0. The average molecular weight is 264 g/mol. The lowest BCUT2D eigenvalue weighted by molar-refractivity contribution is -0.132. The number of amides is 2. The number of nitrogens with one attached hydrogen (secondary N) is 1. The third-order valence-corrected chi connectivity index (χ3v) is 3.00. The minimum atomic E-state index is -0.418. The Hall–Kier alpha value is -2.31. The highest BCUT2D eigenvalue weighted by molar-refractivity contribution is 6.04. The van der Waals surface area contributed by atoms with E-state index in [1.54, 1.807) is 17.0 Å². The van der Waals surface area contributed by atoms with Crippen molar-refractivity contribution in [2.75, 3.05) is 24.3 Å². The van der Waals surface area contributed by atoms with Gasteiger partial charge in [-0.3, -0.25) is 14.9 Å². The number of imide groups is 1. The number of nitrogens with two attached hydrogens (primary N) is 1. The minimum Gasteiger partial charge on any atom is -0.479 e. The van der Waals surface area contributed by atoms with Crippen LogP contribution in [0.2, 0.25) is 0 Å². The lowest BCUT2D eigenvalue weighted by atomic mass is 10.1. The molecule has 0 aliphatic carbocycles. The van der Waals surface area contributed by atoms with Crippen LogP contribution >= 0.6 is 0 Å². The SMILES string of the molecule is CCC1C(=O)NC(=O)CN1c1ccc(N)c(OC)n1. The fourth-order valence-electron chi connectivity index (χ4n) is 2.08. The van der Waals surface area contributed by atoms with E-state index in [1.807, 2.05) is 6.92 Å². The second-order valence-electron chi connectivity index (χ2n) is 4.23. The topological polar surface area (TPSA) is 97.6 Å². The fourth-order valence-corrected chi connectivity index (χ4v) is 2.08. The van der Waals surface area contributed by atoms with Crippen LogP contribution in [-0.4, -0.2) is 36.5 Å². The summed E-state index contributed by atoms with van der Waals surface area (Å²) in [5.74, 6) is 0.135. The lowest BCUT2D eigenvalue weighted by Gasteiger charge is -2.34. The number of piperazine rings is 1. The molecule has 1 aliphatic rings. The standard InChI is InChI=1S/C12H16N4O3/c1-3-8-11(18)15-10(17)6-16(8)9-5-4-7(13)12(14-9)19-2/h4-5,8H,3,6,13H2,1-2H3,(H,15,17,18). The third-order valence-electron chi connectivity index (χ3n) is 3.00. The van der Waals surface area contributed by atoms with Crippen molar-refractivity contribution in [3.05, 3.63) is 12.1 Å². The smallest absolute Gasteiger partial charge is 0.249 e. The highest BCUT2D eigenvalue weighted by Crippen LogP contribution is 2.25. The highest BCUT2D eigenvalue weighted by atomic mass is 16.5. The van der Waals surface area contributed by atoms with Gasteiger partial charge in [0.05, 0.1) is 19.3 Å². The van der Waals surface area contributed by atoms with Gasteiger partial charge in [0.15, 0.2) is 0 Å². The molecule has 102 valence electrons. The van der Waals surface area contributed by atoms with Gasteiger partial charge in [0.25, 0.3) is 0 Å². The molecule has 1 unspecified atom stereocenters. The number of carbonyl (C=O) groups excluding carboxylic acids is 2. The van der Waals surface area contributed by atoms with Crippen molar-refractivity contribution in [3.63, 3.8) is 0 Å². The molecule has 7 nitrogen and oxygen atoms in total. The molecular formula is C12H16N4O3. The van der Waals surface area contributed by atoms with Gasteiger partial charge >= 0.3 is 0 Å². The van der Waals surface area contributed by atoms with Gasteiger partial charge in [-0.25, -0.2) is 0 Å². The summed E-state index contributed by atoms with van der Waals surface area (Å²) in [6.45, 7) is 1.96. The zero-order valence-electron chi connectivity index (χ0n) is 10.8. The molecule has 3 N–H and O–H groups in total. The van der Waals surface area contributed by atoms with Crippen LogP contribution in [0, 0.1) is 0 Å². The number of anilines is 2. The summed E-state index contributed by atoms with van der Waals surface area (Å²) in [6, 6.07) is 2.90. The van der Waals surface area contributed by atoms with E-state index in [0.717, 1.165) is 0 Å². The van der Waals surface area contributed by atoms with Gasteiger partial charge in [-0.2, -0.15) is 4.98 Å². The molecule has 0 spiro atoms. The molecule has 0 bridgehead atoms. The first-order valence-electron chi connectivity index (χ1n) is 5.97. The van der Waals surface area contributed by atoms with Gasteiger partial charge in [-0.1, -0.05) is 6.92 Å². The van der Waals surface area contributed by atoms with E-state index in [2.05, 4.69) is 10.3 Å². The number of carbonyl (C=O) groups is 2. The first kappa shape index (κ1) is 13.1. The summed E-state index contributed by atoms with van der Waals surface area (Å²) in [7, 11) is 1.47. The maximum absolute atomic E-state index is 11.8. The Bertz CT molecular complexity index is 518. The summed E-state index contributed by atoms with van der Waals surface area (Å²) in [5, 5.41) is 2.32. The molecule has 1 aromatic rings. The van der Waals surface area contributed by atoms with E-state index < -0.39 is 6.04 Å². The molecule has 1 fully saturated rings. The lowest BCUT2D eigenvalue weighted by Crippen LogP contribution is -2.58. The van der Waals surface area contributed by atoms with Crippen molar-refractivity contribution < 1.29 is 14.3 Å². The fraction of sp³-hybridized carbons (Fsp3) is 0.417.